The van der Waals surface area contributed by atoms with Crippen LogP contribution < -0.4 is 5.32 Å². The smallest absolute Gasteiger partial charge is 0.136 e. The highest BCUT2D eigenvalue weighted by molar-refractivity contribution is 9.10. The number of allylic oxidation sites excluding steroid dienone is 1. The maximum Gasteiger partial charge on any atom is 0.136 e. The average molecular weight is 424 g/mol. The number of hydrogen-bond acceptors (Lipinski definition) is 4. The molecule has 0 aliphatic rings. The molecule has 0 aliphatic heterocycles. The average Bonchev–Trinajstić information content (AvgIpc) is 3.09. The number of rotatable bonds is 4. The van der Waals surface area contributed by atoms with Crippen LogP contribution in [0.2, 0.25) is 0 Å². The van der Waals surface area contributed by atoms with Crippen molar-refractivity contribution in [2.24, 2.45) is 0 Å². The molecule has 1 aromatic heterocycles. The van der Waals surface area contributed by atoms with Gasteiger partial charge in [0.15, 0.2) is 0 Å². The summed E-state index contributed by atoms with van der Waals surface area (Å²) in [6.07, 6.45) is 1.71. The van der Waals surface area contributed by atoms with Crippen LogP contribution in [0.4, 0.5) is 5.69 Å². The maximum absolute atomic E-state index is 9.53. The Morgan fingerprint density at radius 3 is 2.65 bits per heavy atom. The third-order valence-electron chi connectivity index (χ3n) is 4.15. The number of thiazole rings is 1. The summed E-state index contributed by atoms with van der Waals surface area (Å²) in [5.74, 6) is 0. The Bertz CT molecular complexity index is 1030. The number of hydrogen-bond donors (Lipinski definition) is 1. The molecule has 26 heavy (non-hydrogen) atoms. The first-order valence-electron chi connectivity index (χ1n) is 8.14. The van der Waals surface area contributed by atoms with E-state index in [1.165, 1.54) is 28.0 Å². The molecule has 0 aliphatic carbocycles. The molecule has 130 valence electrons. The second-order valence-corrected chi connectivity index (χ2v) is 7.85. The molecule has 1 N–H and O–H groups in total. The van der Waals surface area contributed by atoms with Crippen LogP contribution in [0.1, 0.15) is 21.7 Å². The van der Waals surface area contributed by atoms with Gasteiger partial charge >= 0.3 is 0 Å². The van der Waals surface area contributed by atoms with Gasteiger partial charge in [0.05, 0.1) is 11.4 Å². The molecule has 0 saturated heterocycles. The van der Waals surface area contributed by atoms with Gasteiger partial charge in [-0.15, -0.1) is 11.3 Å². The number of aryl methyl sites for hydroxylation is 3. The van der Waals surface area contributed by atoms with Crippen LogP contribution in [0.15, 0.2) is 52.5 Å². The van der Waals surface area contributed by atoms with E-state index in [1.807, 2.05) is 30.5 Å². The number of nitrogens with one attached hydrogen (secondary N) is 1. The van der Waals surface area contributed by atoms with Crippen molar-refractivity contribution in [3.05, 3.63) is 74.1 Å². The fourth-order valence-corrected chi connectivity index (χ4v) is 3.86. The predicted octanol–water partition coefficient (Wildman–Crippen LogP) is 6.47. The van der Waals surface area contributed by atoms with Crippen LogP contribution in [0.3, 0.4) is 0 Å². The molecule has 0 spiro atoms. The quantitative estimate of drug-likeness (QED) is 0.488. The van der Waals surface area contributed by atoms with Gasteiger partial charge in [0.1, 0.15) is 16.6 Å². The Morgan fingerprint density at radius 1 is 1.15 bits per heavy atom. The van der Waals surface area contributed by atoms with Crippen molar-refractivity contribution in [3.63, 3.8) is 0 Å². The van der Waals surface area contributed by atoms with E-state index in [-0.39, 0.29) is 0 Å². The number of halogens is 1. The van der Waals surface area contributed by atoms with E-state index >= 15 is 0 Å². The summed E-state index contributed by atoms with van der Waals surface area (Å²) in [5.41, 5.74) is 7.05. The Morgan fingerprint density at radius 2 is 1.96 bits per heavy atom. The molecule has 1 heterocycles. The lowest BCUT2D eigenvalue weighted by Gasteiger charge is -2.05. The summed E-state index contributed by atoms with van der Waals surface area (Å²) >= 11 is 5.01. The van der Waals surface area contributed by atoms with Crippen LogP contribution in [0.25, 0.3) is 16.8 Å². The van der Waals surface area contributed by atoms with Crippen molar-refractivity contribution >= 4 is 38.5 Å². The van der Waals surface area contributed by atoms with Crippen LogP contribution in [0.5, 0.6) is 0 Å². The van der Waals surface area contributed by atoms with Gasteiger partial charge in [0.2, 0.25) is 0 Å². The molecule has 0 radical (unpaired) electrons. The van der Waals surface area contributed by atoms with E-state index < -0.39 is 0 Å². The molecule has 0 bridgehead atoms. The lowest BCUT2D eigenvalue weighted by Crippen LogP contribution is -1.92. The van der Waals surface area contributed by atoms with Gasteiger partial charge in [-0.3, -0.25) is 0 Å². The highest BCUT2D eigenvalue weighted by Gasteiger charge is 2.10. The molecular formula is C21H18BrN3S. The first-order valence-corrected chi connectivity index (χ1v) is 9.81. The summed E-state index contributed by atoms with van der Waals surface area (Å²) in [5, 5.41) is 15.4. The van der Waals surface area contributed by atoms with Crippen molar-refractivity contribution in [2.75, 3.05) is 5.32 Å². The first kappa shape index (κ1) is 18.4. The van der Waals surface area contributed by atoms with Gasteiger partial charge in [-0.2, -0.15) is 5.26 Å². The molecule has 3 aromatic rings. The number of anilines is 1. The van der Waals surface area contributed by atoms with Crippen LogP contribution in [-0.2, 0) is 0 Å². The van der Waals surface area contributed by atoms with Crippen molar-refractivity contribution in [2.45, 2.75) is 20.8 Å². The maximum atomic E-state index is 9.53. The summed E-state index contributed by atoms with van der Waals surface area (Å²) in [6, 6.07) is 14.6. The first-order chi connectivity index (χ1) is 12.5. The Balaban J connectivity index is 1.86. The number of nitrogens with zero attached hydrogens (tertiary/aromatic N) is 2. The Kier molecular flexibility index (Phi) is 5.55. The molecule has 3 rings (SSSR count). The molecule has 5 heteroatoms. The van der Waals surface area contributed by atoms with Gasteiger partial charge in [-0.25, -0.2) is 4.98 Å². The second-order valence-electron chi connectivity index (χ2n) is 6.13. The molecule has 0 saturated carbocycles. The fourth-order valence-electron chi connectivity index (χ4n) is 2.46. The standard InChI is InChI=1S/C21H18BrN3S/c1-13-4-7-19(18(22)8-13)24-11-17(10-23)21-25-20(12-26-21)16-6-5-14(2)15(3)9-16/h4-9,11-12,24H,1-3H3/b17-11+. The van der Waals surface area contributed by atoms with Crippen molar-refractivity contribution in [3.8, 4) is 17.3 Å². The normalized spacial score (nSPS) is 11.3. The molecule has 0 fully saturated rings. The van der Waals surface area contributed by atoms with E-state index in [9.17, 15) is 5.26 Å². The lowest BCUT2D eigenvalue weighted by atomic mass is 10.1. The zero-order chi connectivity index (χ0) is 18.7. The minimum atomic E-state index is 0.512. The minimum Gasteiger partial charge on any atom is -0.359 e. The topological polar surface area (TPSA) is 48.7 Å². The van der Waals surface area contributed by atoms with E-state index in [0.29, 0.717) is 10.6 Å². The van der Waals surface area contributed by atoms with E-state index in [2.05, 4.69) is 64.3 Å². The van der Waals surface area contributed by atoms with Crippen LogP contribution in [0, 0.1) is 32.1 Å². The van der Waals surface area contributed by atoms with E-state index in [0.717, 1.165) is 21.4 Å². The van der Waals surface area contributed by atoms with Gasteiger partial charge in [0.25, 0.3) is 0 Å². The van der Waals surface area contributed by atoms with Crippen molar-refractivity contribution in [1.82, 2.24) is 4.98 Å². The zero-order valence-electron chi connectivity index (χ0n) is 14.8. The van der Waals surface area contributed by atoms with E-state index in [4.69, 9.17) is 0 Å². The largest absolute Gasteiger partial charge is 0.359 e. The van der Waals surface area contributed by atoms with Crippen molar-refractivity contribution < 1.29 is 0 Å². The summed E-state index contributed by atoms with van der Waals surface area (Å²) in [6.45, 7) is 6.22. The highest BCUT2D eigenvalue weighted by atomic mass is 79.9. The lowest BCUT2D eigenvalue weighted by molar-refractivity contribution is 1.31. The van der Waals surface area contributed by atoms with Crippen LogP contribution in [-0.4, -0.2) is 4.98 Å². The van der Waals surface area contributed by atoms with Gasteiger partial charge in [0, 0.05) is 21.6 Å². The Hall–Kier alpha value is -2.42. The zero-order valence-corrected chi connectivity index (χ0v) is 17.2. The second kappa shape index (κ2) is 7.86. The predicted molar refractivity (Wildman–Crippen MR) is 113 cm³/mol. The molecule has 2 aromatic carbocycles. The third kappa shape index (κ3) is 4.04. The minimum absolute atomic E-state index is 0.512. The molecule has 0 unspecified atom stereocenters. The number of aromatic nitrogens is 1. The monoisotopic (exact) mass is 423 g/mol. The highest BCUT2D eigenvalue weighted by Crippen LogP contribution is 2.28. The summed E-state index contributed by atoms with van der Waals surface area (Å²) < 4.78 is 0.959. The van der Waals surface area contributed by atoms with Gasteiger partial charge in [-0.05, 0) is 71.6 Å². The molecule has 0 atom stereocenters. The number of nitriles is 1. The summed E-state index contributed by atoms with van der Waals surface area (Å²) in [4.78, 5) is 4.65. The SMILES string of the molecule is Cc1ccc(N/C=C(\C#N)c2nc(-c3ccc(C)c(C)c3)cs2)c(Br)c1. The molecule has 0 amide bonds. The van der Waals surface area contributed by atoms with Crippen molar-refractivity contribution in [1.29, 1.82) is 5.26 Å². The third-order valence-corrected chi connectivity index (χ3v) is 5.69. The summed E-state index contributed by atoms with van der Waals surface area (Å²) in [7, 11) is 0. The molecule has 3 nitrogen and oxygen atoms in total. The van der Waals surface area contributed by atoms with E-state index in [1.54, 1.807) is 6.20 Å². The fraction of sp³-hybridized carbons (Fsp3) is 0.143. The Labute approximate surface area is 166 Å². The van der Waals surface area contributed by atoms with Crippen LogP contribution >= 0.6 is 27.3 Å². The number of benzene rings is 2. The molecular weight excluding hydrogens is 406 g/mol. The van der Waals surface area contributed by atoms with Gasteiger partial charge in [-0.1, -0.05) is 18.2 Å². The van der Waals surface area contributed by atoms with Gasteiger partial charge < -0.3 is 5.32 Å².